The fraction of sp³-hybridized carbons (Fsp3) is 0.526. The second-order valence-electron chi connectivity index (χ2n) is 6.06. The van der Waals surface area contributed by atoms with Gasteiger partial charge in [-0.2, -0.15) is 15.0 Å². The third kappa shape index (κ3) is 5.56. The minimum absolute atomic E-state index is 0.517. The average molecular weight is 358 g/mol. The molecule has 7 nitrogen and oxygen atoms in total. The van der Waals surface area contributed by atoms with Crippen molar-refractivity contribution < 1.29 is 0 Å². The third-order valence-electron chi connectivity index (χ3n) is 4.26. The van der Waals surface area contributed by atoms with Crippen LogP contribution in [0.4, 0.5) is 17.8 Å². The van der Waals surface area contributed by atoms with Crippen molar-refractivity contribution in [2.45, 2.75) is 46.7 Å². The van der Waals surface area contributed by atoms with Crippen molar-refractivity contribution in [1.29, 1.82) is 0 Å². The quantitative estimate of drug-likeness (QED) is 0.532. The van der Waals surface area contributed by atoms with Crippen LogP contribution in [0.1, 0.15) is 44.7 Å². The zero-order valence-electron chi connectivity index (χ0n) is 16.1. The van der Waals surface area contributed by atoms with Crippen molar-refractivity contribution in [2.75, 3.05) is 35.2 Å². The molecule has 0 aliphatic rings. The Balaban J connectivity index is 2.19. The Morgan fingerprint density at radius 3 is 2.19 bits per heavy atom. The van der Waals surface area contributed by atoms with E-state index in [0.29, 0.717) is 30.9 Å². The molecule has 2 aromatic rings. The predicted molar refractivity (Wildman–Crippen MR) is 108 cm³/mol. The maximum absolute atomic E-state index is 5.83. The van der Waals surface area contributed by atoms with E-state index >= 15 is 0 Å². The van der Waals surface area contributed by atoms with Crippen LogP contribution < -0.4 is 21.3 Å². The lowest BCUT2D eigenvalue weighted by molar-refractivity contribution is 0.799. The van der Waals surface area contributed by atoms with Crippen LogP contribution in [0.5, 0.6) is 0 Å². The number of aromatic nitrogens is 3. The molecule has 0 unspecified atom stereocenters. The van der Waals surface area contributed by atoms with Gasteiger partial charge < -0.3 is 21.3 Å². The normalized spacial score (nSPS) is 10.6. The summed E-state index contributed by atoms with van der Waals surface area (Å²) >= 11 is 0. The number of anilines is 3. The van der Waals surface area contributed by atoms with E-state index in [0.717, 1.165) is 43.6 Å². The fourth-order valence-electron chi connectivity index (χ4n) is 2.65. The number of hydrogen-bond acceptors (Lipinski definition) is 7. The minimum atomic E-state index is 0.517. The van der Waals surface area contributed by atoms with Crippen LogP contribution in [0.25, 0.3) is 0 Å². The zero-order valence-corrected chi connectivity index (χ0v) is 16.1. The molecule has 142 valence electrons. The number of unbranched alkanes of at least 4 members (excludes halogenated alkanes) is 1. The lowest BCUT2D eigenvalue weighted by Crippen LogP contribution is -2.25. The minimum Gasteiger partial charge on any atom is -0.354 e. The van der Waals surface area contributed by atoms with Gasteiger partial charge >= 0.3 is 0 Å². The average Bonchev–Trinajstić information content (AvgIpc) is 2.68. The van der Waals surface area contributed by atoms with Gasteiger partial charge in [-0.1, -0.05) is 37.6 Å². The van der Waals surface area contributed by atoms with Gasteiger partial charge in [0, 0.05) is 32.7 Å². The Morgan fingerprint density at radius 1 is 0.923 bits per heavy atom. The molecule has 0 aliphatic heterocycles. The van der Waals surface area contributed by atoms with Crippen molar-refractivity contribution in [3.63, 3.8) is 0 Å². The SMILES string of the molecule is CCCCNc1nc(NCc2ccccc2CN)nc(N(CC)CC)n1. The molecule has 0 fully saturated rings. The predicted octanol–water partition coefficient (Wildman–Crippen LogP) is 3.00. The summed E-state index contributed by atoms with van der Waals surface area (Å²) in [4.78, 5) is 15.8. The molecule has 26 heavy (non-hydrogen) atoms. The van der Waals surface area contributed by atoms with Crippen molar-refractivity contribution in [3.8, 4) is 0 Å². The second kappa shape index (κ2) is 10.6. The molecule has 7 heteroatoms. The molecule has 0 radical (unpaired) electrons. The summed E-state index contributed by atoms with van der Waals surface area (Å²) < 4.78 is 0. The first kappa shape index (κ1) is 19.9. The van der Waals surface area contributed by atoms with Gasteiger partial charge in [0.25, 0.3) is 0 Å². The Bertz CT molecular complexity index is 671. The van der Waals surface area contributed by atoms with Gasteiger partial charge in [-0.3, -0.25) is 0 Å². The van der Waals surface area contributed by atoms with Crippen LogP contribution in [0.3, 0.4) is 0 Å². The first-order chi connectivity index (χ1) is 12.7. The fourth-order valence-corrected chi connectivity index (χ4v) is 2.65. The molecule has 0 aliphatic carbocycles. The number of hydrogen-bond donors (Lipinski definition) is 3. The molecule has 2 rings (SSSR count). The van der Waals surface area contributed by atoms with E-state index in [1.165, 1.54) is 0 Å². The topological polar surface area (TPSA) is 92.0 Å². The summed E-state index contributed by atoms with van der Waals surface area (Å²) in [7, 11) is 0. The Hall–Kier alpha value is -2.41. The van der Waals surface area contributed by atoms with E-state index < -0.39 is 0 Å². The largest absolute Gasteiger partial charge is 0.354 e. The van der Waals surface area contributed by atoms with E-state index in [9.17, 15) is 0 Å². The Morgan fingerprint density at radius 2 is 1.58 bits per heavy atom. The summed E-state index contributed by atoms with van der Waals surface area (Å²) in [5, 5.41) is 6.63. The van der Waals surface area contributed by atoms with E-state index in [-0.39, 0.29) is 0 Å². The molecule has 0 amide bonds. The summed E-state index contributed by atoms with van der Waals surface area (Å²) in [6.07, 6.45) is 2.21. The van der Waals surface area contributed by atoms with E-state index in [2.05, 4.69) is 57.3 Å². The van der Waals surface area contributed by atoms with E-state index in [4.69, 9.17) is 5.73 Å². The summed E-state index contributed by atoms with van der Waals surface area (Å²) in [5.41, 5.74) is 8.10. The molecule has 0 spiro atoms. The van der Waals surface area contributed by atoms with Gasteiger partial charge in [-0.05, 0) is 31.4 Å². The highest BCUT2D eigenvalue weighted by molar-refractivity contribution is 5.44. The van der Waals surface area contributed by atoms with Crippen LogP contribution in [-0.4, -0.2) is 34.6 Å². The van der Waals surface area contributed by atoms with Gasteiger partial charge in [-0.25, -0.2) is 0 Å². The molecular weight excluding hydrogens is 326 g/mol. The lowest BCUT2D eigenvalue weighted by Gasteiger charge is -2.20. The second-order valence-corrected chi connectivity index (χ2v) is 6.06. The maximum atomic E-state index is 5.83. The number of nitrogens with one attached hydrogen (secondary N) is 2. The van der Waals surface area contributed by atoms with Gasteiger partial charge in [-0.15, -0.1) is 0 Å². The molecule has 0 saturated carbocycles. The highest BCUT2D eigenvalue weighted by Crippen LogP contribution is 2.15. The van der Waals surface area contributed by atoms with Crippen LogP contribution in [0.2, 0.25) is 0 Å². The lowest BCUT2D eigenvalue weighted by atomic mass is 10.1. The number of benzene rings is 1. The summed E-state index contributed by atoms with van der Waals surface area (Å²) in [6, 6.07) is 8.14. The van der Waals surface area contributed by atoms with Crippen LogP contribution in [0.15, 0.2) is 24.3 Å². The molecule has 0 bridgehead atoms. The third-order valence-corrected chi connectivity index (χ3v) is 4.26. The van der Waals surface area contributed by atoms with E-state index in [1.807, 2.05) is 18.2 Å². The summed E-state index contributed by atoms with van der Waals surface area (Å²) in [6.45, 7) is 10.1. The van der Waals surface area contributed by atoms with Crippen molar-refractivity contribution in [1.82, 2.24) is 15.0 Å². The molecule has 4 N–H and O–H groups in total. The van der Waals surface area contributed by atoms with Gasteiger partial charge in [0.1, 0.15) is 0 Å². The van der Waals surface area contributed by atoms with Gasteiger partial charge in [0.2, 0.25) is 17.8 Å². The molecule has 1 aromatic carbocycles. The molecule has 1 aromatic heterocycles. The first-order valence-corrected chi connectivity index (χ1v) is 9.47. The maximum Gasteiger partial charge on any atom is 0.231 e. The zero-order chi connectivity index (χ0) is 18.8. The first-order valence-electron chi connectivity index (χ1n) is 9.47. The number of nitrogens with zero attached hydrogens (tertiary/aromatic N) is 4. The standard InChI is InChI=1S/C19H31N7/c1-4-7-12-21-17-23-18(25-19(24-17)26(5-2)6-3)22-14-16-11-9-8-10-15(16)13-20/h8-11H,4-7,12-14,20H2,1-3H3,(H2,21,22,23,24,25). The van der Waals surface area contributed by atoms with Gasteiger partial charge in [0.15, 0.2) is 0 Å². The van der Waals surface area contributed by atoms with Crippen molar-refractivity contribution >= 4 is 17.8 Å². The Kier molecular flexibility index (Phi) is 8.08. The van der Waals surface area contributed by atoms with Crippen LogP contribution in [-0.2, 0) is 13.1 Å². The Labute approximate surface area is 156 Å². The van der Waals surface area contributed by atoms with Crippen LogP contribution in [0, 0.1) is 0 Å². The smallest absolute Gasteiger partial charge is 0.231 e. The number of rotatable bonds is 11. The highest BCUT2D eigenvalue weighted by Gasteiger charge is 2.11. The molecule has 0 saturated heterocycles. The van der Waals surface area contributed by atoms with Crippen LogP contribution >= 0.6 is 0 Å². The summed E-state index contributed by atoms with van der Waals surface area (Å²) in [5.74, 6) is 1.89. The van der Waals surface area contributed by atoms with E-state index in [1.54, 1.807) is 0 Å². The van der Waals surface area contributed by atoms with Crippen molar-refractivity contribution in [3.05, 3.63) is 35.4 Å². The molecular formula is C19H31N7. The van der Waals surface area contributed by atoms with Gasteiger partial charge in [0.05, 0.1) is 0 Å². The monoisotopic (exact) mass is 357 g/mol. The highest BCUT2D eigenvalue weighted by atomic mass is 15.3. The van der Waals surface area contributed by atoms with Crippen molar-refractivity contribution in [2.24, 2.45) is 5.73 Å². The molecule has 0 atom stereocenters. The molecule has 1 heterocycles. The number of nitrogens with two attached hydrogens (primary N) is 1.